The Labute approximate surface area is 103 Å². The van der Waals surface area contributed by atoms with Crippen LogP contribution in [0.15, 0.2) is 12.4 Å². The largest absolute Gasteiger partial charge is 0.396 e. The van der Waals surface area contributed by atoms with Gasteiger partial charge in [0.1, 0.15) is 12.1 Å². The zero-order valence-corrected chi connectivity index (χ0v) is 10.5. The van der Waals surface area contributed by atoms with Crippen LogP contribution in [0.5, 0.6) is 0 Å². The molecule has 0 bridgehead atoms. The van der Waals surface area contributed by atoms with Crippen LogP contribution in [-0.2, 0) is 6.42 Å². The van der Waals surface area contributed by atoms with Gasteiger partial charge in [-0.15, -0.1) is 0 Å². The van der Waals surface area contributed by atoms with E-state index in [1.807, 2.05) is 0 Å². The molecule has 1 aromatic rings. The van der Waals surface area contributed by atoms with Crippen molar-refractivity contribution < 1.29 is 5.11 Å². The van der Waals surface area contributed by atoms with Crippen molar-refractivity contribution in [2.75, 3.05) is 24.6 Å². The molecule has 1 aliphatic heterocycles. The molecule has 1 saturated heterocycles. The summed E-state index contributed by atoms with van der Waals surface area (Å²) < 4.78 is 0. The minimum absolute atomic E-state index is 0.295. The number of hydrogen-bond donors (Lipinski definition) is 1. The SMILES string of the molecule is CCCc1cc(N2CCC(CCO)C2)ncn1. The van der Waals surface area contributed by atoms with Crippen molar-refractivity contribution in [2.45, 2.75) is 32.6 Å². The standard InChI is InChI=1S/C13H21N3O/c1-2-3-12-8-13(15-10-14-12)16-6-4-11(9-16)5-7-17/h8,10-11,17H,2-7,9H2,1H3. The third-order valence-corrected chi connectivity index (χ3v) is 3.36. The Balaban J connectivity index is 2.00. The molecule has 2 heterocycles. The average Bonchev–Trinajstić information content (AvgIpc) is 2.79. The summed E-state index contributed by atoms with van der Waals surface area (Å²) >= 11 is 0. The van der Waals surface area contributed by atoms with Gasteiger partial charge >= 0.3 is 0 Å². The van der Waals surface area contributed by atoms with Gasteiger partial charge in [0.05, 0.1) is 0 Å². The lowest BCUT2D eigenvalue weighted by atomic mass is 10.1. The summed E-state index contributed by atoms with van der Waals surface area (Å²) in [4.78, 5) is 10.9. The van der Waals surface area contributed by atoms with Crippen molar-refractivity contribution in [3.63, 3.8) is 0 Å². The van der Waals surface area contributed by atoms with E-state index in [4.69, 9.17) is 5.11 Å². The second-order valence-electron chi connectivity index (χ2n) is 4.73. The fraction of sp³-hybridized carbons (Fsp3) is 0.692. The molecule has 94 valence electrons. The van der Waals surface area contributed by atoms with Crippen LogP contribution in [0.25, 0.3) is 0 Å². The number of rotatable bonds is 5. The van der Waals surface area contributed by atoms with Crippen molar-refractivity contribution in [2.24, 2.45) is 5.92 Å². The van der Waals surface area contributed by atoms with Gasteiger partial charge in [0.15, 0.2) is 0 Å². The molecule has 1 aromatic heterocycles. The molecule has 0 aromatic carbocycles. The van der Waals surface area contributed by atoms with Gasteiger partial charge in [-0.25, -0.2) is 9.97 Å². The van der Waals surface area contributed by atoms with Crippen LogP contribution in [0.1, 0.15) is 31.9 Å². The zero-order valence-electron chi connectivity index (χ0n) is 10.5. The Morgan fingerprint density at radius 2 is 2.35 bits per heavy atom. The molecular weight excluding hydrogens is 214 g/mol. The molecule has 0 amide bonds. The van der Waals surface area contributed by atoms with E-state index in [0.29, 0.717) is 12.5 Å². The maximum Gasteiger partial charge on any atom is 0.132 e. The summed E-state index contributed by atoms with van der Waals surface area (Å²) in [7, 11) is 0. The van der Waals surface area contributed by atoms with E-state index in [2.05, 4.69) is 27.9 Å². The fourth-order valence-electron chi connectivity index (χ4n) is 2.41. The molecule has 0 saturated carbocycles. The predicted molar refractivity (Wildman–Crippen MR) is 68.0 cm³/mol. The molecule has 1 aliphatic rings. The van der Waals surface area contributed by atoms with Crippen LogP contribution in [0.3, 0.4) is 0 Å². The maximum absolute atomic E-state index is 8.95. The van der Waals surface area contributed by atoms with Gasteiger partial charge in [-0.05, 0) is 25.2 Å². The molecule has 1 N–H and O–H groups in total. The van der Waals surface area contributed by atoms with Crippen LogP contribution >= 0.6 is 0 Å². The lowest BCUT2D eigenvalue weighted by Gasteiger charge is -2.17. The van der Waals surface area contributed by atoms with Crippen molar-refractivity contribution in [1.29, 1.82) is 0 Å². The summed E-state index contributed by atoms with van der Waals surface area (Å²) in [5.74, 6) is 1.66. The van der Waals surface area contributed by atoms with Gasteiger partial charge in [0, 0.05) is 31.5 Å². The highest BCUT2D eigenvalue weighted by atomic mass is 16.3. The molecule has 1 atom stereocenters. The normalized spacial score (nSPS) is 19.9. The van der Waals surface area contributed by atoms with Crippen LogP contribution in [0.2, 0.25) is 0 Å². The Morgan fingerprint density at radius 1 is 1.47 bits per heavy atom. The summed E-state index contributed by atoms with van der Waals surface area (Å²) in [5, 5.41) is 8.95. The molecular formula is C13H21N3O. The van der Waals surface area contributed by atoms with E-state index in [9.17, 15) is 0 Å². The van der Waals surface area contributed by atoms with Crippen LogP contribution < -0.4 is 4.90 Å². The van der Waals surface area contributed by atoms with Gasteiger partial charge in [-0.2, -0.15) is 0 Å². The van der Waals surface area contributed by atoms with Crippen molar-refractivity contribution in [1.82, 2.24) is 9.97 Å². The number of aliphatic hydroxyl groups excluding tert-OH is 1. The van der Waals surface area contributed by atoms with E-state index >= 15 is 0 Å². The van der Waals surface area contributed by atoms with Gasteiger partial charge in [0.25, 0.3) is 0 Å². The molecule has 2 rings (SSSR count). The maximum atomic E-state index is 8.95. The highest BCUT2D eigenvalue weighted by Crippen LogP contribution is 2.24. The van der Waals surface area contributed by atoms with E-state index < -0.39 is 0 Å². The summed E-state index contributed by atoms with van der Waals surface area (Å²) in [6.45, 7) is 4.52. The number of aliphatic hydroxyl groups is 1. The van der Waals surface area contributed by atoms with Crippen molar-refractivity contribution in [3.8, 4) is 0 Å². The second kappa shape index (κ2) is 5.96. The molecule has 1 unspecified atom stereocenters. The topological polar surface area (TPSA) is 49.2 Å². The highest BCUT2D eigenvalue weighted by Gasteiger charge is 2.23. The first-order valence-corrected chi connectivity index (χ1v) is 6.50. The molecule has 0 spiro atoms. The third kappa shape index (κ3) is 3.16. The highest BCUT2D eigenvalue weighted by molar-refractivity contribution is 5.40. The number of aryl methyl sites for hydroxylation is 1. The van der Waals surface area contributed by atoms with Crippen LogP contribution in [0.4, 0.5) is 5.82 Å². The zero-order chi connectivity index (χ0) is 12.1. The Morgan fingerprint density at radius 3 is 3.12 bits per heavy atom. The monoisotopic (exact) mass is 235 g/mol. The average molecular weight is 235 g/mol. The fourth-order valence-corrected chi connectivity index (χ4v) is 2.41. The molecule has 4 heteroatoms. The van der Waals surface area contributed by atoms with Crippen molar-refractivity contribution >= 4 is 5.82 Å². The van der Waals surface area contributed by atoms with E-state index in [0.717, 1.165) is 50.3 Å². The Bertz CT molecular complexity index is 356. The molecule has 17 heavy (non-hydrogen) atoms. The minimum atomic E-state index is 0.295. The van der Waals surface area contributed by atoms with Gasteiger partial charge in [-0.3, -0.25) is 0 Å². The Hall–Kier alpha value is -1.16. The smallest absolute Gasteiger partial charge is 0.132 e. The van der Waals surface area contributed by atoms with Gasteiger partial charge in [-0.1, -0.05) is 13.3 Å². The first kappa shape index (κ1) is 12.3. The lowest BCUT2D eigenvalue weighted by Crippen LogP contribution is -2.21. The second-order valence-corrected chi connectivity index (χ2v) is 4.73. The first-order chi connectivity index (χ1) is 8.33. The molecule has 0 aliphatic carbocycles. The van der Waals surface area contributed by atoms with E-state index in [1.54, 1.807) is 6.33 Å². The molecule has 4 nitrogen and oxygen atoms in total. The number of anilines is 1. The molecule has 1 fully saturated rings. The van der Waals surface area contributed by atoms with Gasteiger partial charge < -0.3 is 10.0 Å². The summed E-state index contributed by atoms with van der Waals surface area (Å²) in [6, 6.07) is 2.10. The summed E-state index contributed by atoms with van der Waals surface area (Å²) in [6.07, 6.45) is 5.86. The van der Waals surface area contributed by atoms with Crippen LogP contribution in [-0.4, -0.2) is 34.8 Å². The number of hydrogen-bond acceptors (Lipinski definition) is 4. The molecule has 0 radical (unpaired) electrons. The van der Waals surface area contributed by atoms with E-state index in [-0.39, 0.29) is 0 Å². The summed E-state index contributed by atoms with van der Waals surface area (Å²) in [5.41, 5.74) is 1.13. The van der Waals surface area contributed by atoms with Crippen molar-refractivity contribution in [3.05, 3.63) is 18.1 Å². The van der Waals surface area contributed by atoms with Crippen LogP contribution in [0, 0.1) is 5.92 Å². The van der Waals surface area contributed by atoms with Gasteiger partial charge in [0.2, 0.25) is 0 Å². The number of nitrogens with zero attached hydrogens (tertiary/aromatic N) is 3. The third-order valence-electron chi connectivity index (χ3n) is 3.36. The quantitative estimate of drug-likeness (QED) is 0.843. The predicted octanol–water partition coefficient (Wildman–Crippen LogP) is 1.64. The Kier molecular flexibility index (Phi) is 4.31. The lowest BCUT2D eigenvalue weighted by molar-refractivity contribution is 0.263. The van der Waals surface area contributed by atoms with E-state index in [1.165, 1.54) is 0 Å². The minimum Gasteiger partial charge on any atom is -0.396 e. The number of aromatic nitrogens is 2. The first-order valence-electron chi connectivity index (χ1n) is 6.50.